The molecule has 3 rings (SSSR count). The minimum absolute atomic E-state index is 0.172. The molecule has 0 radical (unpaired) electrons. The molecule has 1 aromatic heterocycles. The van der Waals surface area contributed by atoms with Crippen molar-refractivity contribution in [3.63, 3.8) is 0 Å². The molecule has 2 unspecified atom stereocenters. The lowest BCUT2D eigenvalue weighted by Gasteiger charge is -2.26. The monoisotopic (exact) mass is 397 g/mol. The van der Waals surface area contributed by atoms with E-state index in [4.69, 9.17) is 16.3 Å². The first-order valence-corrected chi connectivity index (χ1v) is 10.9. The van der Waals surface area contributed by atoms with Crippen molar-refractivity contribution in [1.82, 2.24) is 9.97 Å². The molecule has 0 bridgehead atoms. The fourth-order valence-corrected chi connectivity index (χ4v) is 5.13. The zero-order valence-electron chi connectivity index (χ0n) is 13.4. The normalized spacial score (nSPS) is 23.2. The molecule has 132 valence electrons. The van der Waals surface area contributed by atoms with Crippen molar-refractivity contribution in [2.24, 2.45) is 4.36 Å². The van der Waals surface area contributed by atoms with E-state index >= 15 is 0 Å². The SMILES string of the molecule is CSc1nc(Cl)cc(C2COCCS2(=O)=NC(=O)c2ccccc2)n1. The maximum Gasteiger partial charge on any atom is 0.285 e. The summed E-state index contributed by atoms with van der Waals surface area (Å²) in [6.07, 6.45) is 1.83. The minimum Gasteiger partial charge on any atom is -0.379 e. The number of carbonyl (C=O) groups excluding carboxylic acids is 1. The van der Waals surface area contributed by atoms with Gasteiger partial charge in [-0.1, -0.05) is 41.6 Å². The summed E-state index contributed by atoms with van der Waals surface area (Å²) in [5.41, 5.74) is 0.889. The van der Waals surface area contributed by atoms with Gasteiger partial charge in [-0.2, -0.15) is 4.36 Å². The molecule has 1 fully saturated rings. The van der Waals surface area contributed by atoms with Gasteiger partial charge < -0.3 is 4.74 Å². The Balaban J connectivity index is 2.03. The number of hydrogen-bond acceptors (Lipinski definition) is 6. The van der Waals surface area contributed by atoms with Gasteiger partial charge in [-0.05, 0) is 24.5 Å². The fourth-order valence-electron chi connectivity index (χ4n) is 2.44. The lowest BCUT2D eigenvalue weighted by molar-refractivity contribution is 0.100. The first-order chi connectivity index (χ1) is 12.0. The quantitative estimate of drug-likeness (QED) is 0.449. The van der Waals surface area contributed by atoms with Crippen molar-refractivity contribution in [3.05, 3.63) is 52.8 Å². The third-order valence-corrected chi connectivity index (χ3v) is 6.93. The maximum atomic E-state index is 13.5. The Morgan fingerprint density at radius 2 is 2.12 bits per heavy atom. The highest BCUT2D eigenvalue weighted by Crippen LogP contribution is 2.30. The van der Waals surface area contributed by atoms with Crippen LogP contribution in [0.2, 0.25) is 5.15 Å². The molecule has 2 heterocycles. The van der Waals surface area contributed by atoms with E-state index in [1.165, 1.54) is 11.8 Å². The van der Waals surface area contributed by atoms with E-state index in [0.29, 0.717) is 16.4 Å². The number of carbonyl (C=O) groups is 1. The van der Waals surface area contributed by atoms with Crippen molar-refractivity contribution >= 4 is 39.0 Å². The number of hydrogen-bond donors (Lipinski definition) is 0. The summed E-state index contributed by atoms with van der Waals surface area (Å²) >= 11 is 7.38. The lowest BCUT2D eigenvalue weighted by Crippen LogP contribution is -2.31. The molecule has 6 nitrogen and oxygen atoms in total. The zero-order chi connectivity index (χ0) is 17.9. The van der Waals surface area contributed by atoms with Gasteiger partial charge >= 0.3 is 0 Å². The average Bonchev–Trinajstić information content (AvgIpc) is 2.62. The Kier molecular flexibility index (Phi) is 5.73. The molecule has 25 heavy (non-hydrogen) atoms. The largest absolute Gasteiger partial charge is 0.379 e. The zero-order valence-corrected chi connectivity index (χ0v) is 15.8. The third-order valence-electron chi connectivity index (χ3n) is 3.70. The topological polar surface area (TPSA) is 81.5 Å². The number of aromatic nitrogens is 2. The molecule has 1 aromatic carbocycles. The van der Waals surface area contributed by atoms with Gasteiger partial charge in [0.2, 0.25) is 0 Å². The first kappa shape index (κ1) is 18.3. The molecular weight excluding hydrogens is 382 g/mol. The predicted molar refractivity (Wildman–Crippen MR) is 98.6 cm³/mol. The molecule has 1 aliphatic heterocycles. The van der Waals surface area contributed by atoms with Gasteiger partial charge in [0.25, 0.3) is 5.91 Å². The third kappa shape index (κ3) is 4.20. The second kappa shape index (κ2) is 7.82. The number of rotatable bonds is 3. The Bertz CT molecular complexity index is 899. The van der Waals surface area contributed by atoms with Crippen LogP contribution in [0.5, 0.6) is 0 Å². The van der Waals surface area contributed by atoms with Crippen LogP contribution in [0.15, 0.2) is 45.9 Å². The van der Waals surface area contributed by atoms with E-state index in [2.05, 4.69) is 14.3 Å². The van der Waals surface area contributed by atoms with Gasteiger partial charge in [0, 0.05) is 5.56 Å². The first-order valence-electron chi connectivity index (χ1n) is 7.51. The highest BCUT2D eigenvalue weighted by Gasteiger charge is 2.32. The van der Waals surface area contributed by atoms with Crippen molar-refractivity contribution in [2.75, 3.05) is 25.2 Å². The van der Waals surface area contributed by atoms with Crippen molar-refractivity contribution in [2.45, 2.75) is 10.4 Å². The number of nitrogens with zero attached hydrogens (tertiary/aromatic N) is 3. The molecule has 2 aromatic rings. The number of benzene rings is 1. The maximum absolute atomic E-state index is 13.5. The van der Waals surface area contributed by atoms with Crippen molar-refractivity contribution < 1.29 is 13.7 Å². The molecule has 0 aliphatic carbocycles. The van der Waals surface area contributed by atoms with Gasteiger partial charge in [0.05, 0.1) is 34.4 Å². The van der Waals surface area contributed by atoms with Crippen LogP contribution in [0.1, 0.15) is 21.3 Å². The highest BCUT2D eigenvalue weighted by molar-refractivity contribution is 7.98. The molecule has 1 aliphatic rings. The molecule has 9 heteroatoms. The van der Waals surface area contributed by atoms with Crippen LogP contribution in [-0.4, -0.2) is 45.3 Å². The second-order valence-corrected chi connectivity index (χ2v) is 9.02. The smallest absolute Gasteiger partial charge is 0.285 e. The summed E-state index contributed by atoms with van der Waals surface area (Å²) in [5, 5.41) is 0.112. The van der Waals surface area contributed by atoms with Gasteiger partial charge in [-0.25, -0.2) is 14.2 Å². The molecule has 0 spiro atoms. The van der Waals surface area contributed by atoms with Gasteiger partial charge in [-0.15, -0.1) is 0 Å². The van der Waals surface area contributed by atoms with E-state index < -0.39 is 20.9 Å². The van der Waals surface area contributed by atoms with Crippen molar-refractivity contribution in [3.8, 4) is 0 Å². The summed E-state index contributed by atoms with van der Waals surface area (Å²) < 4.78 is 23.0. The minimum atomic E-state index is -2.88. The van der Waals surface area contributed by atoms with E-state index in [1.54, 1.807) is 36.4 Å². The summed E-state index contributed by atoms with van der Waals surface area (Å²) in [7, 11) is -2.88. The fraction of sp³-hybridized carbons (Fsp3) is 0.312. The van der Waals surface area contributed by atoms with Crippen LogP contribution in [0.4, 0.5) is 0 Å². The van der Waals surface area contributed by atoms with E-state index in [0.717, 1.165) is 0 Å². The molecule has 1 amide bonds. The van der Waals surface area contributed by atoms with Crippen LogP contribution < -0.4 is 0 Å². The van der Waals surface area contributed by atoms with Gasteiger partial charge in [-0.3, -0.25) is 4.79 Å². The summed E-state index contributed by atoms with van der Waals surface area (Å²) in [6, 6.07) is 10.1. The van der Waals surface area contributed by atoms with E-state index in [1.807, 2.05) is 6.26 Å². The predicted octanol–water partition coefficient (Wildman–Crippen LogP) is 3.23. The second-order valence-electron chi connectivity index (χ2n) is 5.32. The Labute approximate surface area is 155 Å². The molecule has 0 N–H and O–H groups in total. The van der Waals surface area contributed by atoms with Crippen LogP contribution in [0, 0.1) is 0 Å². The average molecular weight is 398 g/mol. The highest BCUT2D eigenvalue weighted by atomic mass is 35.5. The van der Waals surface area contributed by atoms with Crippen LogP contribution in [-0.2, 0) is 14.5 Å². The summed E-state index contributed by atoms with van der Waals surface area (Å²) in [5.74, 6) is -0.324. The van der Waals surface area contributed by atoms with Gasteiger partial charge in [0.1, 0.15) is 10.4 Å². The Morgan fingerprint density at radius 1 is 1.36 bits per heavy atom. The summed E-state index contributed by atoms with van der Waals surface area (Å²) in [6.45, 7) is 0.459. The van der Waals surface area contributed by atoms with E-state index in [-0.39, 0.29) is 24.1 Å². The van der Waals surface area contributed by atoms with Crippen LogP contribution >= 0.6 is 23.4 Å². The molecular formula is C16H16ClN3O3S2. The van der Waals surface area contributed by atoms with Gasteiger partial charge in [0.15, 0.2) is 5.16 Å². The standard InChI is InChI=1S/C16H16ClN3O3S2/c1-24-16-18-12(9-14(17)19-16)13-10-23-7-8-25(13,22)20-15(21)11-5-3-2-4-6-11/h2-6,9,13H,7-8,10H2,1H3. The molecule has 1 saturated heterocycles. The Morgan fingerprint density at radius 3 is 2.84 bits per heavy atom. The number of halogens is 1. The molecule has 2 atom stereocenters. The van der Waals surface area contributed by atoms with Crippen LogP contribution in [0.25, 0.3) is 0 Å². The Hall–Kier alpha value is -1.48. The summed E-state index contributed by atoms with van der Waals surface area (Å²) in [4.78, 5) is 20.9. The van der Waals surface area contributed by atoms with Crippen molar-refractivity contribution in [1.29, 1.82) is 0 Å². The molecule has 0 saturated carbocycles. The number of thioether (sulfide) groups is 1. The number of amides is 1. The van der Waals surface area contributed by atoms with E-state index in [9.17, 15) is 9.00 Å². The number of ether oxygens (including phenoxy) is 1. The lowest BCUT2D eigenvalue weighted by atomic mass is 10.2. The van der Waals surface area contributed by atoms with Crippen LogP contribution in [0.3, 0.4) is 0 Å².